The lowest BCUT2D eigenvalue weighted by atomic mass is 10.1. The molecule has 2 aromatic carbocycles. The molecule has 6 heteroatoms. The summed E-state index contributed by atoms with van der Waals surface area (Å²) in [5, 5.41) is 3.24. The van der Waals surface area contributed by atoms with Crippen molar-refractivity contribution in [3.8, 4) is 0 Å². The Bertz CT molecular complexity index is 1230. The van der Waals surface area contributed by atoms with Crippen LogP contribution in [0.1, 0.15) is 70.4 Å². The number of aliphatic imine (C=N–C) groups is 1. The van der Waals surface area contributed by atoms with Crippen LogP contribution in [0.25, 0.3) is 0 Å². The van der Waals surface area contributed by atoms with Crippen molar-refractivity contribution in [2.75, 3.05) is 18.0 Å². The molecule has 1 saturated heterocycles. The van der Waals surface area contributed by atoms with Gasteiger partial charge in [-0.3, -0.25) is 0 Å². The molecule has 0 aliphatic carbocycles. The molecule has 1 unspecified atom stereocenters. The van der Waals surface area contributed by atoms with E-state index in [-0.39, 0.29) is 18.1 Å². The Balaban J connectivity index is 1.48. The molecule has 0 amide bonds. The van der Waals surface area contributed by atoms with Crippen LogP contribution < -0.4 is 10.2 Å². The molecule has 0 bridgehead atoms. The lowest BCUT2D eigenvalue weighted by Gasteiger charge is -2.41. The van der Waals surface area contributed by atoms with E-state index in [1.807, 2.05) is 6.07 Å². The third-order valence-electron chi connectivity index (χ3n) is 7.60. The highest BCUT2D eigenvalue weighted by molar-refractivity contribution is 5.61. The molecular formula is C34H45FN4O. The number of aryl methyl sites for hydroxylation is 1. The molecule has 0 radical (unpaired) electrons. The normalized spacial score (nSPS) is 18.5. The highest BCUT2D eigenvalue weighted by Gasteiger charge is 2.28. The van der Waals surface area contributed by atoms with Crippen molar-refractivity contribution in [3.05, 3.63) is 101 Å². The van der Waals surface area contributed by atoms with Gasteiger partial charge in [0.15, 0.2) is 6.23 Å². The number of nitrogens with zero attached hydrogens (tertiary/aromatic N) is 3. The summed E-state index contributed by atoms with van der Waals surface area (Å²) in [6.07, 6.45) is 14.6. The fourth-order valence-electron chi connectivity index (χ4n) is 5.37. The van der Waals surface area contributed by atoms with Gasteiger partial charge in [0.25, 0.3) is 0 Å². The van der Waals surface area contributed by atoms with E-state index in [4.69, 9.17) is 4.74 Å². The van der Waals surface area contributed by atoms with Gasteiger partial charge in [0, 0.05) is 36.6 Å². The number of benzene rings is 2. The minimum atomic E-state index is -0.266. The summed E-state index contributed by atoms with van der Waals surface area (Å²) >= 11 is 0. The van der Waals surface area contributed by atoms with Crippen LogP contribution in [0.15, 0.2) is 88.8 Å². The monoisotopic (exact) mass is 544 g/mol. The molecule has 1 fully saturated rings. The molecular weight excluding hydrogens is 499 g/mol. The summed E-state index contributed by atoms with van der Waals surface area (Å²) in [6, 6.07) is 15.4. The summed E-state index contributed by atoms with van der Waals surface area (Å²) in [4.78, 5) is 9.45. The zero-order valence-corrected chi connectivity index (χ0v) is 24.6. The molecule has 1 N–H and O–H groups in total. The number of unbranched alkanes of at least 4 members (excludes halogenated alkanes) is 2. The Labute approximate surface area is 240 Å². The van der Waals surface area contributed by atoms with Gasteiger partial charge in [-0.15, -0.1) is 0 Å². The third-order valence-corrected chi connectivity index (χ3v) is 7.60. The molecule has 40 heavy (non-hydrogen) atoms. The largest absolute Gasteiger partial charge is 0.358 e. The van der Waals surface area contributed by atoms with E-state index in [9.17, 15) is 4.39 Å². The van der Waals surface area contributed by atoms with Crippen molar-refractivity contribution in [2.24, 2.45) is 4.99 Å². The minimum absolute atomic E-state index is 0.140. The van der Waals surface area contributed by atoms with Gasteiger partial charge >= 0.3 is 0 Å². The molecule has 2 aromatic rings. The Morgan fingerprint density at radius 3 is 2.65 bits per heavy atom. The first kappa shape index (κ1) is 29.6. The first-order valence-electron chi connectivity index (χ1n) is 14.8. The van der Waals surface area contributed by atoms with E-state index in [2.05, 4.69) is 90.3 Å². The predicted octanol–water partition coefficient (Wildman–Crippen LogP) is 7.85. The van der Waals surface area contributed by atoms with Crippen LogP contribution in [0.3, 0.4) is 0 Å². The smallest absolute Gasteiger partial charge is 0.177 e. The first-order chi connectivity index (χ1) is 19.5. The molecule has 0 spiro atoms. The van der Waals surface area contributed by atoms with Crippen LogP contribution in [0, 0.1) is 12.7 Å². The molecule has 214 valence electrons. The van der Waals surface area contributed by atoms with Crippen molar-refractivity contribution < 1.29 is 9.13 Å². The van der Waals surface area contributed by atoms with Gasteiger partial charge in [-0.1, -0.05) is 69.2 Å². The lowest BCUT2D eigenvalue weighted by molar-refractivity contribution is -0.0188. The number of para-hydroxylation sites is 1. The molecule has 2 aliphatic heterocycles. The Morgan fingerprint density at radius 2 is 1.93 bits per heavy atom. The number of anilines is 1. The lowest BCUT2D eigenvalue weighted by Crippen LogP contribution is -2.43. The average molecular weight is 545 g/mol. The van der Waals surface area contributed by atoms with Gasteiger partial charge in [0.1, 0.15) is 11.6 Å². The molecule has 0 saturated carbocycles. The van der Waals surface area contributed by atoms with E-state index in [1.165, 1.54) is 30.3 Å². The Kier molecular flexibility index (Phi) is 11.0. The molecule has 1 atom stereocenters. The van der Waals surface area contributed by atoms with Crippen molar-refractivity contribution in [1.82, 2.24) is 10.2 Å². The zero-order chi connectivity index (χ0) is 28.3. The van der Waals surface area contributed by atoms with Gasteiger partial charge in [-0.05, 0) is 74.9 Å². The minimum Gasteiger partial charge on any atom is -0.358 e. The Morgan fingerprint density at radius 1 is 1.12 bits per heavy atom. The average Bonchev–Trinajstić information content (AvgIpc) is 2.95. The zero-order valence-electron chi connectivity index (χ0n) is 24.6. The number of hydrogen-bond acceptors (Lipinski definition) is 5. The van der Waals surface area contributed by atoms with E-state index < -0.39 is 0 Å². The fourth-order valence-corrected chi connectivity index (χ4v) is 5.37. The molecule has 2 aliphatic rings. The summed E-state index contributed by atoms with van der Waals surface area (Å²) in [6.45, 7) is 11.0. The second kappa shape index (κ2) is 14.8. The van der Waals surface area contributed by atoms with Crippen molar-refractivity contribution in [2.45, 2.75) is 85.1 Å². The highest BCUT2D eigenvalue weighted by Crippen LogP contribution is 2.31. The summed E-state index contributed by atoms with van der Waals surface area (Å²) in [5.74, 6) is 0.973. The number of nitrogens with one attached hydrogen (secondary N) is 1. The number of ether oxygens (including phenoxy) is 1. The second-order valence-corrected chi connectivity index (χ2v) is 10.7. The Hall–Kier alpha value is -3.38. The summed E-state index contributed by atoms with van der Waals surface area (Å²) in [7, 11) is 0. The first-order valence-corrected chi connectivity index (χ1v) is 14.8. The van der Waals surface area contributed by atoms with Gasteiger partial charge in [0.05, 0.1) is 12.4 Å². The van der Waals surface area contributed by atoms with E-state index in [1.54, 1.807) is 18.5 Å². The van der Waals surface area contributed by atoms with Crippen molar-refractivity contribution >= 4 is 12.0 Å². The molecule has 4 rings (SSSR count). The van der Waals surface area contributed by atoms with Crippen LogP contribution in [-0.2, 0) is 11.3 Å². The highest BCUT2D eigenvalue weighted by atomic mass is 19.1. The quantitative estimate of drug-likeness (QED) is 0.276. The van der Waals surface area contributed by atoms with Crippen molar-refractivity contribution in [3.63, 3.8) is 0 Å². The van der Waals surface area contributed by atoms with Crippen LogP contribution in [-0.4, -0.2) is 36.7 Å². The molecule has 2 heterocycles. The third kappa shape index (κ3) is 7.85. The van der Waals surface area contributed by atoms with Gasteiger partial charge in [-0.2, -0.15) is 0 Å². The second-order valence-electron chi connectivity index (χ2n) is 10.7. The van der Waals surface area contributed by atoms with Gasteiger partial charge in [-0.25, -0.2) is 9.38 Å². The maximum Gasteiger partial charge on any atom is 0.177 e. The predicted molar refractivity (Wildman–Crippen MR) is 165 cm³/mol. The summed E-state index contributed by atoms with van der Waals surface area (Å²) < 4.78 is 20.7. The van der Waals surface area contributed by atoms with E-state index >= 15 is 0 Å². The number of piperidine rings is 1. The fraction of sp³-hybridized carbons (Fsp3) is 0.441. The van der Waals surface area contributed by atoms with Gasteiger partial charge in [0.2, 0.25) is 0 Å². The summed E-state index contributed by atoms with van der Waals surface area (Å²) in [5.41, 5.74) is 5.52. The molecule has 5 nitrogen and oxygen atoms in total. The van der Waals surface area contributed by atoms with E-state index in [0.29, 0.717) is 6.54 Å². The number of hydrogen-bond donors (Lipinski definition) is 1. The number of likely N-dealkylation sites (tertiary alicyclic amines) is 1. The van der Waals surface area contributed by atoms with Crippen LogP contribution in [0.4, 0.5) is 10.1 Å². The number of halogens is 1. The van der Waals surface area contributed by atoms with Crippen molar-refractivity contribution in [1.29, 1.82) is 0 Å². The topological polar surface area (TPSA) is 40.1 Å². The SMILES string of the molecule is CC/C=C(\N1CCC(OC2N=CNC(C)=C2/C=C\CCCC)CC1)N(Cc1cccc(F)c1)c1ccccc1C. The maximum absolute atomic E-state index is 14.1. The van der Waals surface area contributed by atoms with Crippen LogP contribution >= 0.6 is 0 Å². The van der Waals surface area contributed by atoms with Crippen LogP contribution in [0.5, 0.6) is 0 Å². The van der Waals surface area contributed by atoms with E-state index in [0.717, 1.165) is 61.3 Å². The standard InChI is InChI=1S/C34H45FN4O/c1-5-7-8-9-17-31-27(4)36-25-37-34(31)40-30-19-21-38(22-20-30)33(13-6-2)39(32-18-11-10-14-26(32)3)24-28-15-12-16-29(35)23-28/h9-18,23,25,30,34H,5-8,19-22,24H2,1-4H3,(H,36,37)/b17-9-,33-13+. The maximum atomic E-state index is 14.1. The molecule has 0 aromatic heterocycles. The number of allylic oxidation sites excluding steroid dienone is 3. The number of rotatable bonds is 12. The van der Waals surface area contributed by atoms with Crippen LogP contribution in [0.2, 0.25) is 0 Å². The van der Waals surface area contributed by atoms with Gasteiger partial charge < -0.3 is 19.9 Å².